The van der Waals surface area contributed by atoms with Crippen LogP contribution in [0.4, 0.5) is 0 Å². The molecule has 1 unspecified atom stereocenters. The second-order valence-corrected chi connectivity index (χ2v) is 5.13. The first kappa shape index (κ1) is 11.5. The fourth-order valence-electron chi connectivity index (χ4n) is 2.80. The van der Waals surface area contributed by atoms with Gasteiger partial charge in [-0.3, -0.25) is 0 Å². The van der Waals surface area contributed by atoms with Gasteiger partial charge in [-0.25, -0.2) is 0 Å². The van der Waals surface area contributed by atoms with Crippen molar-refractivity contribution in [3.05, 3.63) is 70.3 Å². The molecule has 0 saturated heterocycles. The Bertz CT molecular complexity index is 557. The van der Waals surface area contributed by atoms with Crippen molar-refractivity contribution in [2.75, 3.05) is 0 Å². The number of ether oxygens (including phenoxy) is 1. The second-order valence-electron chi connectivity index (χ2n) is 5.13. The Labute approximate surface area is 108 Å². The lowest BCUT2D eigenvalue weighted by Gasteiger charge is -2.27. The van der Waals surface area contributed by atoms with Gasteiger partial charge in [0.15, 0.2) is 0 Å². The minimum atomic E-state index is 0.208. The monoisotopic (exact) mass is 238 g/mol. The second kappa shape index (κ2) is 4.58. The van der Waals surface area contributed by atoms with E-state index in [1.165, 1.54) is 27.8 Å². The molecule has 1 atom stereocenters. The molecule has 0 bridgehead atoms. The molecule has 0 spiro atoms. The van der Waals surface area contributed by atoms with E-state index in [4.69, 9.17) is 4.74 Å². The summed E-state index contributed by atoms with van der Waals surface area (Å²) in [6.07, 6.45) is 1.20. The molecule has 0 saturated carbocycles. The standard InChI is InChI=1S/C17H18O/c1-12-8-13(2)16-11-18-17(10-15(16)9-12)14-6-4-3-5-7-14/h3-9,17H,10-11H2,1-2H3. The average Bonchev–Trinajstić information content (AvgIpc) is 2.39. The maximum absolute atomic E-state index is 6.01. The summed E-state index contributed by atoms with van der Waals surface area (Å²) in [7, 11) is 0. The van der Waals surface area contributed by atoms with E-state index < -0.39 is 0 Å². The van der Waals surface area contributed by atoms with E-state index >= 15 is 0 Å². The lowest BCUT2D eigenvalue weighted by Crippen LogP contribution is -2.16. The van der Waals surface area contributed by atoms with Gasteiger partial charge in [-0.05, 0) is 36.1 Å². The van der Waals surface area contributed by atoms with E-state index in [0.29, 0.717) is 0 Å². The van der Waals surface area contributed by atoms with Gasteiger partial charge in [0, 0.05) is 6.42 Å². The molecule has 1 heterocycles. The molecular weight excluding hydrogens is 220 g/mol. The van der Waals surface area contributed by atoms with Gasteiger partial charge in [0.05, 0.1) is 12.7 Å². The Morgan fingerprint density at radius 3 is 2.61 bits per heavy atom. The van der Waals surface area contributed by atoms with Crippen LogP contribution < -0.4 is 0 Å². The molecule has 2 aromatic carbocycles. The van der Waals surface area contributed by atoms with Crippen molar-refractivity contribution in [3.8, 4) is 0 Å². The van der Waals surface area contributed by atoms with Crippen molar-refractivity contribution in [1.29, 1.82) is 0 Å². The number of hydrogen-bond donors (Lipinski definition) is 0. The first-order valence-corrected chi connectivity index (χ1v) is 6.49. The normalized spacial score (nSPS) is 18.4. The molecule has 18 heavy (non-hydrogen) atoms. The molecule has 0 N–H and O–H groups in total. The zero-order valence-electron chi connectivity index (χ0n) is 10.9. The first-order chi connectivity index (χ1) is 8.74. The Kier molecular flexibility index (Phi) is 2.92. The minimum Gasteiger partial charge on any atom is -0.368 e. The molecule has 1 nitrogen and oxygen atoms in total. The summed E-state index contributed by atoms with van der Waals surface area (Å²) in [4.78, 5) is 0. The molecule has 3 rings (SSSR count). The van der Waals surface area contributed by atoms with Crippen LogP contribution >= 0.6 is 0 Å². The van der Waals surface area contributed by atoms with Crippen molar-refractivity contribution in [2.45, 2.75) is 33.0 Å². The molecule has 0 aromatic heterocycles. The summed E-state index contributed by atoms with van der Waals surface area (Å²) in [6.45, 7) is 5.08. The fraction of sp³-hybridized carbons (Fsp3) is 0.294. The molecular formula is C17H18O. The van der Waals surface area contributed by atoms with Gasteiger partial charge in [0.25, 0.3) is 0 Å². The summed E-state index contributed by atoms with van der Waals surface area (Å²) < 4.78 is 6.01. The van der Waals surface area contributed by atoms with Crippen molar-refractivity contribution >= 4 is 0 Å². The summed E-state index contributed by atoms with van der Waals surface area (Å²) in [5.74, 6) is 0. The van der Waals surface area contributed by atoms with Crippen molar-refractivity contribution in [1.82, 2.24) is 0 Å². The van der Waals surface area contributed by atoms with Gasteiger partial charge in [0.2, 0.25) is 0 Å². The fourth-order valence-corrected chi connectivity index (χ4v) is 2.80. The Balaban J connectivity index is 1.94. The summed E-state index contributed by atoms with van der Waals surface area (Å²) in [5.41, 5.74) is 6.82. The van der Waals surface area contributed by atoms with E-state index in [0.717, 1.165) is 13.0 Å². The predicted molar refractivity (Wildman–Crippen MR) is 73.6 cm³/mol. The van der Waals surface area contributed by atoms with Crippen molar-refractivity contribution < 1.29 is 4.74 Å². The maximum Gasteiger partial charge on any atom is 0.0869 e. The van der Waals surface area contributed by atoms with Gasteiger partial charge in [-0.2, -0.15) is 0 Å². The SMILES string of the molecule is Cc1cc(C)c2c(c1)CC(c1ccccc1)OC2. The van der Waals surface area contributed by atoms with Crippen LogP contribution in [-0.2, 0) is 17.8 Å². The van der Waals surface area contributed by atoms with Crippen LogP contribution in [0.15, 0.2) is 42.5 Å². The van der Waals surface area contributed by atoms with E-state index in [1.54, 1.807) is 0 Å². The highest BCUT2D eigenvalue weighted by atomic mass is 16.5. The molecule has 0 aliphatic carbocycles. The van der Waals surface area contributed by atoms with Crippen LogP contribution in [0.2, 0.25) is 0 Å². The predicted octanol–water partition coefficient (Wildman–Crippen LogP) is 4.12. The third kappa shape index (κ3) is 2.06. The number of hydrogen-bond acceptors (Lipinski definition) is 1. The van der Waals surface area contributed by atoms with Crippen LogP contribution in [0.3, 0.4) is 0 Å². The van der Waals surface area contributed by atoms with Crippen LogP contribution in [-0.4, -0.2) is 0 Å². The van der Waals surface area contributed by atoms with Gasteiger partial charge in [-0.15, -0.1) is 0 Å². The van der Waals surface area contributed by atoms with Crippen LogP contribution in [0.25, 0.3) is 0 Å². The topological polar surface area (TPSA) is 9.23 Å². The molecule has 1 aliphatic heterocycles. The van der Waals surface area contributed by atoms with E-state index in [2.05, 4.69) is 56.3 Å². The highest BCUT2D eigenvalue weighted by Crippen LogP contribution is 2.32. The number of aryl methyl sites for hydroxylation is 2. The molecule has 0 fully saturated rings. The van der Waals surface area contributed by atoms with Crippen LogP contribution in [0.5, 0.6) is 0 Å². The largest absolute Gasteiger partial charge is 0.368 e. The van der Waals surface area contributed by atoms with Crippen molar-refractivity contribution in [2.24, 2.45) is 0 Å². The minimum absolute atomic E-state index is 0.208. The quantitative estimate of drug-likeness (QED) is 0.726. The Hall–Kier alpha value is -1.60. The maximum atomic E-state index is 6.01. The van der Waals surface area contributed by atoms with E-state index in [-0.39, 0.29) is 6.10 Å². The molecule has 92 valence electrons. The van der Waals surface area contributed by atoms with Gasteiger partial charge in [-0.1, -0.05) is 48.0 Å². The van der Waals surface area contributed by atoms with Gasteiger partial charge in [0.1, 0.15) is 0 Å². The van der Waals surface area contributed by atoms with Gasteiger partial charge < -0.3 is 4.74 Å². The highest BCUT2D eigenvalue weighted by Gasteiger charge is 2.21. The molecule has 1 heteroatoms. The molecule has 0 amide bonds. The van der Waals surface area contributed by atoms with Crippen molar-refractivity contribution in [3.63, 3.8) is 0 Å². The average molecular weight is 238 g/mol. The third-order valence-corrected chi connectivity index (χ3v) is 3.72. The Morgan fingerprint density at radius 2 is 1.83 bits per heavy atom. The lowest BCUT2D eigenvalue weighted by atomic mass is 9.91. The summed E-state index contributed by atoms with van der Waals surface area (Å²) >= 11 is 0. The molecule has 2 aromatic rings. The zero-order valence-corrected chi connectivity index (χ0v) is 10.9. The number of rotatable bonds is 1. The van der Waals surface area contributed by atoms with Crippen LogP contribution in [0, 0.1) is 13.8 Å². The highest BCUT2D eigenvalue weighted by molar-refractivity contribution is 5.40. The van der Waals surface area contributed by atoms with E-state index in [1.807, 2.05) is 0 Å². The number of fused-ring (bicyclic) bond motifs is 1. The summed E-state index contributed by atoms with van der Waals surface area (Å²) in [5, 5.41) is 0. The first-order valence-electron chi connectivity index (χ1n) is 6.49. The zero-order chi connectivity index (χ0) is 12.5. The summed E-state index contributed by atoms with van der Waals surface area (Å²) in [6, 6.07) is 15.1. The van der Waals surface area contributed by atoms with Gasteiger partial charge >= 0.3 is 0 Å². The van der Waals surface area contributed by atoms with E-state index in [9.17, 15) is 0 Å². The third-order valence-electron chi connectivity index (χ3n) is 3.72. The smallest absolute Gasteiger partial charge is 0.0869 e. The lowest BCUT2D eigenvalue weighted by molar-refractivity contribution is 0.0270. The number of benzene rings is 2. The Morgan fingerprint density at radius 1 is 1.06 bits per heavy atom. The van der Waals surface area contributed by atoms with Crippen LogP contribution in [0.1, 0.15) is 33.9 Å². The molecule has 1 aliphatic rings. The molecule has 0 radical (unpaired) electrons.